The molecule has 0 radical (unpaired) electrons. The number of rotatable bonds is 9. The van der Waals surface area contributed by atoms with E-state index in [1.54, 1.807) is 21.0 Å². The van der Waals surface area contributed by atoms with Crippen LogP contribution in [0.4, 0.5) is 4.79 Å². The predicted molar refractivity (Wildman–Crippen MR) is 125 cm³/mol. The first-order valence-corrected chi connectivity index (χ1v) is 11.0. The summed E-state index contributed by atoms with van der Waals surface area (Å²) < 4.78 is 5.45. The highest BCUT2D eigenvalue weighted by molar-refractivity contribution is 5.92. The lowest BCUT2D eigenvalue weighted by molar-refractivity contribution is -0.144. The van der Waals surface area contributed by atoms with Gasteiger partial charge in [0.2, 0.25) is 11.8 Å². The third-order valence-corrected chi connectivity index (χ3v) is 5.83. The molecular weight excluding hydrogens is 438 g/mol. The highest BCUT2D eigenvalue weighted by atomic mass is 16.5. The number of carbonyl (C=O) groups is 4. The minimum atomic E-state index is -1.36. The number of fused-ring (bicyclic) bond motifs is 3. The van der Waals surface area contributed by atoms with Crippen LogP contribution in [0.2, 0.25) is 0 Å². The fourth-order valence-corrected chi connectivity index (χ4v) is 4.03. The van der Waals surface area contributed by atoms with Crippen LogP contribution in [0.25, 0.3) is 11.1 Å². The third-order valence-electron chi connectivity index (χ3n) is 5.83. The van der Waals surface area contributed by atoms with E-state index >= 15 is 0 Å². The monoisotopic (exact) mass is 467 g/mol. The van der Waals surface area contributed by atoms with Crippen LogP contribution in [0.5, 0.6) is 0 Å². The topological polar surface area (TPSA) is 116 Å². The molecule has 0 saturated heterocycles. The fraction of sp³-hybridized carbons (Fsp3) is 0.360. The SMILES string of the molecule is CCN(CC(=O)N(C)C)C(=O)C(CC(=O)O)NC(=O)OCC1c2ccccc2-c2ccccc21. The summed E-state index contributed by atoms with van der Waals surface area (Å²) in [5.41, 5.74) is 4.23. The molecule has 34 heavy (non-hydrogen) atoms. The van der Waals surface area contributed by atoms with Crippen LogP contribution >= 0.6 is 0 Å². The van der Waals surface area contributed by atoms with Crippen molar-refractivity contribution in [3.8, 4) is 11.1 Å². The van der Waals surface area contributed by atoms with E-state index < -0.39 is 30.4 Å². The third kappa shape index (κ3) is 5.54. The number of likely N-dealkylation sites (N-methyl/N-ethyl adjacent to an activating group) is 2. The van der Waals surface area contributed by atoms with Crippen molar-refractivity contribution in [3.05, 3.63) is 59.7 Å². The van der Waals surface area contributed by atoms with Gasteiger partial charge in [0.15, 0.2) is 0 Å². The Morgan fingerprint density at radius 2 is 1.56 bits per heavy atom. The molecule has 9 heteroatoms. The molecule has 0 fully saturated rings. The molecule has 9 nitrogen and oxygen atoms in total. The normalized spacial score (nSPS) is 12.8. The number of benzene rings is 2. The lowest BCUT2D eigenvalue weighted by Crippen LogP contribution is -2.51. The van der Waals surface area contributed by atoms with Crippen molar-refractivity contribution in [1.29, 1.82) is 0 Å². The van der Waals surface area contributed by atoms with Crippen LogP contribution in [-0.4, -0.2) is 78.6 Å². The lowest BCUT2D eigenvalue weighted by atomic mass is 9.98. The number of amides is 3. The number of carbonyl (C=O) groups excluding carboxylic acids is 3. The molecule has 1 aliphatic carbocycles. The Balaban J connectivity index is 1.69. The zero-order valence-corrected chi connectivity index (χ0v) is 19.5. The molecule has 3 amide bonds. The standard InChI is InChI=1S/C25H29N3O6/c1-4-28(14-22(29)27(2)3)24(32)21(13-23(30)31)26-25(33)34-15-20-18-11-7-5-9-16(18)17-10-6-8-12-19(17)20/h5-12,20-21H,4,13-15H2,1-3H3,(H,26,33)(H,30,31). The maximum absolute atomic E-state index is 12.9. The smallest absolute Gasteiger partial charge is 0.407 e. The maximum atomic E-state index is 12.9. The number of carboxylic acid groups (broad SMARTS) is 1. The molecule has 180 valence electrons. The average molecular weight is 468 g/mol. The van der Waals surface area contributed by atoms with E-state index in [1.165, 1.54) is 9.80 Å². The summed E-state index contributed by atoms with van der Waals surface area (Å²) in [6.45, 7) is 1.67. The van der Waals surface area contributed by atoms with E-state index in [0.717, 1.165) is 22.3 Å². The van der Waals surface area contributed by atoms with E-state index in [0.29, 0.717) is 0 Å². The van der Waals surface area contributed by atoms with Gasteiger partial charge in [0, 0.05) is 26.6 Å². The van der Waals surface area contributed by atoms with Crippen molar-refractivity contribution >= 4 is 23.9 Å². The van der Waals surface area contributed by atoms with Gasteiger partial charge >= 0.3 is 12.1 Å². The van der Waals surface area contributed by atoms with E-state index in [1.807, 2.05) is 48.5 Å². The Morgan fingerprint density at radius 3 is 2.06 bits per heavy atom. The molecule has 1 unspecified atom stereocenters. The molecule has 0 saturated carbocycles. The lowest BCUT2D eigenvalue weighted by Gasteiger charge is -2.26. The predicted octanol–water partition coefficient (Wildman–Crippen LogP) is 2.31. The average Bonchev–Trinajstić information content (AvgIpc) is 3.13. The van der Waals surface area contributed by atoms with Gasteiger partial charge in [-0.3, -0.25) is 14.4 Å². The molecule has 1 aliphatic rings. The Bertz CT molecular complexity index is 1040. The van der Waals surface area contributed by atoms with Gasteiger partial charge in [-0.15, -0.1) is 0 Å². The largest absolute Gasteiger partial charge is 0.481 e. The summed E-state index contributed by atoms with van der Waals surface area (Å²) >= 11 is 0. The van der Waals surface area contributed by atoms with Gasteiger partial charge in [-0.1, -0.05) is 48.5 Å². The highest BCUT2D eigenvalue weighted by Gasteiger charge is 2.32. The van der Waals surface area contributed by atoms with Gasteiger partial charge in [0.25, 0.3) is 0 Å². The second kappa shape index (κ2) is 10.8. The van der Waals surface area contributed by atoms with Gasteiger partial charge in [0.1, 0.15) is 12.6 Å². The van der Waals surface area contributed by atoms with E-state index in [9.17, 15) is 24.3 Å². The zero-order valence-electron chi connectivity index (χ0n) is 19.5. The molecule has 0 heterocycles. The van der Waals surface area contributed by atoms with E-state index in [-0.39, 0.29) is 31.5 Å². The number of alkyl carbamates (subject to hydrolysis) is 1. The number of ether oxygens (including phenoxy) is 1. The molecular formula is C25H29N3O6. The summed E-state index contributed by atoms with van der Waals surface area (Å²) in [5.74, 6) is -2.40. The second-order valence-electron chi connectivity index (χ2n) is 8.26. The van der Waals surface area contributed by atoms with Crippen LogP contribution in [0.15, 0.2) is 48.5 Å². The van der Waals surface area contributed by atoms with Crippen LogP contribution in [0, 0.1) is 0 Å². The Morgan fingerprint density at radius 1 is 1.00 bits per heavy atom. The van der Waals surface area contributed by atoms with Gasteiger partial charge in [0.05, 0.1) is 13.0 Å². The van der Waals surface area contributed by atoms with Gasteiger partial charge in [-0.2, -0.15) is 0 Å². The fourth-order valence-electron chi connectivity index (χ4n) is 4.03. The van der Waals surface area contributed by atoms with Crippen LogP contribution in [0.1, 0.15) is 30.4 Å². The van der Waals surface area contributed by atoms with Crippen molar-refractivity contribution in [2.24, 2.45) is 0 Å². The summed E-state index contributed by atoms with van der Waals surface area (Å²) in [6, 6.07) is 14.4. The van der Waals surface area contributed by atoms with Gasteiger partial charge < -0.3 is 25.0 Å². The molecule has 2 N–H and O–H groups in total. The van der Waals surface area contributed by atoms with Crippen LogP contribution in [-0.2, 0) is 19.1 Å². The quantitative estimate of drug-likeness (QED) is 0.585. The number of carboxylic acids is 1. The van der Waals surface area contributed by atoms with Crippen LogP contribution in [0.3, 0.4) is 0 Å². The summed E-state index contributed by atoms with van der Waals surface area (Å²) in [5, 5.41) is 11.6. The summed E-state index contributed by atoms with van der Waals surface area (Å²) in [7, 11) is 3.12. The number of hydrogen-bond acceptors (Lipinski definition) is 5. The maximum Gasteiger partial charge on any atom is 0.407 e. The van der Waals surface area contributed by atoms with Crippen molar-refractivity contribution in [2.45, 2.75) is 25.3 Å². The van der Waals surface area contributed by atoms with Crippen LogP contribution < -0.4 is 5.32 Å². The molecule has 2 aromatic carbocycles. The molecule has 0 bridgehead atoms. The molecule has 1 atom stereocenters. The molecule has 0 spiro atoms. The van der Waals surface area contributed by atoms with Crippen molar-refractivity contribution in [1.82, 2.24) is 15.1 Å². The van der Waals surface area contributed by atoms with Crippen molar-refractivity contribution in [3.63, 3.8) is 0 Å². The molecule has 0 aliphatic heterocycles. The number of aliphatic carboxylic acids is 1. The van der Waals surface area contributed by atoms with E-state index in [2.05, 4.69) is 5.32 Å². The molecule has 2 aromatic rings. The second-order valence-corrected chi connectivity index (χ2v) is 8.26. The summed E-state index contributed by atoms with van der Waals surface area (Å²) in [6.07, 6.45) is -1.52. The zero-order chi connectivity index (χ0) is 24.8. The minimum Gasteiger partial charge on any atom is -0.481 e. The molecule has 0 aromatic heterocycles. The molecule has 3 rings (SSSR count). The Labute approximate surface area is 198 Å². The van der Waals surface area contributed by atoms with E-state index in [4.69, 9.17) is 4.74 Å². The number of nitrogens with zero attached hydrogens (tertiary/aromatic N) is 2. The first-order valence-electron chi connectivity index (χ1n) is 11.0. The van der Waals surface area contributed by atoms with Gasteiger partial charge in [-0.25, -0.2) is 4.79 Å². The first-order chi connectivity index (χ1) is 16.2. The number of hydrogen-bond donors (Lipinski definition) is 2. The first kappa shape index (κ1) is 24.8. The number of nitrogens with one attached hydrogen (secondary N) is 1. The summed E-state index contributed by atoms with van der Waals surface area (Å²) in [4.78, 5) is 51.4. The van der Waals surface area contributed by atoms with Crippen molar-refractivity contribution in [2.75, 3.05) is 33.8 Å². The minimum absolute atomic E-state index is 0.0322. The highest BCUT2D eigenvalue weighted by Crippen LogP contribution is 2.44. The van der Waals surface area contributed by atoms with Crippen molar-refractivity contribution < 1.29 is 29.0 Å². The Hall–Kier alpha value is -3.88. The van der Waals surface area contributed by atoms with Gasteiger partial charge in [-0.05, 0) is 29.2 Å². The Kier molecular flexibility index (Phi) is 7.88.